The molecule has 1 unspecified atom stereocenters. The van der Waals surface area contributed by atoms with Crippen molar-refractivity contribution in [1.29, 1.82) is 0 Å². The molecule has 0 bridgehead atoms. The monoisotopic (exact) mass is 309 g/mol. The zero-order valence-electron chi connectivity index (χ0n) is 12.8. The van der Waals surface area contributed by atoms with Crippen molar-refractivity contribution >= 4 is 17.6 Å². The van der Waals surface area contributed by atoms with E-state index < -0.39 is 0 Å². The number of likely N-dealkylation sites (tertiary alicyclic amines) is 1. The van der Waals surface area contributed by atoms with Crippen molar-refractivity contribution in [3.05, 3.63) is 34.9 Å². The van der Waals surface area contributed by atoms with Gasteiger partial charge in [-0.3, -0.25) is 0 Å². The Hall–Kier alpha value is -1.26. The summed E-state index contributed by atoms with van der Waals surface area (Å²) in [7, 11) is 1.77. The molecule has 1 fully saturated rings. The third-order valence-electron chi connectivity index (χ3n) is 3.65. The summed E-state index contributed by atoms with van der Waals surface area (Å²) in [6, 6.07) is 7.85. The van der Waals surface area contributed by atoms with Crippen LogP contribution in [0.1, 0.15) is 18.9 Å². The Morgan fingerprint density at radius 3 is 2.86 bits per heavy atom. The van der Waals surface area contributed by atoms with E-state index in [9.17, 15) is 0 Å². The van der Waals surface area contributed by atoms with Crippen molar-refractivity contribution in [2.75, 3.05) is 33.4 Å². The topological polar surface area (TPSA) is 36.9 Å². The Bertz CT molecular complexity index is 461. The summed E-state index contributed by atoms with van der Waals surface area (Å²) in [6.45, 7) is 6.53. The molecule has 0 radical (unpaired) electrons. The molecule has 0 saturated carbocycles. The van der Waals surface area contributed by atoms with Crippen LogP contribution in [0.15, 0.2) is 29.3 Å². The number of nitrogens with one attached hydrogen (secondary N) is 1. The first-order valence-electron chi connectivity index (χ1n) is 7.49. The van der Waals surface area contributed by atoms with Crippen molar-refractivity contribution in [2.24, 2.45) is 10.9 Å². The van der Waals surface area contributed by atoms with E-state index in [4.69, 9.17) is 21.3 Å². The zero-order chi connectivity index (χ0) is 15.1. The Kier molecular flexibility index (Phi) is 6.33. The number of halogens is 1. The van der Waals surface area contributed by atoms with E-state index in [0.29, 0.717) is 12.5 Å². The summed E-state index contributed by atoms with van der Waals surface area (Å²) < 4.78 is 5.25. The van der Waals surface area contributed by atoms with E-state index in [1.165, 1.54) is 12.0 Å². The van der Waals surface area contributed by atoms with Gasteiger partial charge in [0.25, 0.3) is 0 Å². The normalized spacial score (nSPS) is 19.1. The van der Waals surface area contributed by atoms with Crippen LogP contribution in [0.25, 0.3) is 0 Å². The summed E-state index contributed by atoms with van der Waals surface area (Å²) in [5.74, 6) is 1.60. The Morgan fingerprint density at radius 2 is 2.19 bits per heavy atom. The molecule has 1 N–H and O–H groups in total. The molecule has 1 heterocycles. The number of hydrogen-bond donors (Lipinski definition) is 1. The van der Waals surface area contributed by atoms with E-state index in [-0.39, 0.29) is 0 Å². The Labute approximate surface area is 132 Å². The fraction of sp³-hybridized carbons (Fsp3) is 0.562. The van der Waals surface area contributed by atoms with E-state index >= 15 is 0 Å². The van der Waals surface area contributed by atoms with Crippen LogP contribution in [0.2, 0.25) is 5.02 Å². The molecule has 1 aromatic carbocycles. The minimum absolute atomic E-state index is 0.606. The number of hydrogen-bond acceptors (Lipinski definition) is 2. The smallest absolute Gasteiger partial charge is 0.194 e. The molecule has 0 aliphatic carbocycles. The molecule has 1 saturated heterocycles. The summed E-state index contributed by atoms with van der Waals surface area (Å²) in [4.78, 5) is 7.06. The van der Waals surface area contributed by atoms with Gasteiger partial charge in [0.2, 0.25) is 0 Å². The van der Waals surface area contributed by atoms with Gasteiger partial charge < -0.3 is 15.0 Å². The lowest BCUT2D eigenvalue weighted by Crippen LogP contribution is -2.40. The SMILES string of the molecule is CCNC(=NCc1ccc(Cl)cc1)N1CCC(COC)C1. The summed E-state index contributed by atoms with van der Waals surface area (Å²) in [5.41, 5.74) is 1.17. The van der Waals surface area contributed by atoms with Crippen LogP contribution in [0.4, 0.5) is 0 Å². The molecular formula is C16H24ClN3O. The fourth-order valence-electron chi connectivity index (χ4n) is 2.58. The van der Waals surface area contributed by atoms with Crippen molar-refractivity contribution in [2.45, 2.75) is 19.9 Å². The minimum atomic E-state index is 0.606. The van der Waals surface area contributed by atoms with Gasteiger partial charge in [0.05, 0.1) is 13.2 Å². The molecule has 1 aliphatic rings. The lowest BCUT2D eigenvalue weighted by atomic mass is 10.1. The lowest BCUT2D eigenvalue weighted by Gasteiger charge is -2.21. The van der Waals surface area contributed by atoms with Gasteiger partial charge in [-0.05, 0) is 31.0 Å². The van der Waals surface area contributed by atoms with E-state index in [1.54, 1.807) is 7.11 Å². The fourth-order valence-corrected chi connectivity index (χ4v) is 2.70. The standard InChI is InChI=1S/C16H24ClN3O/c1-3-18-16(20-9-8-14(11-20)12-21-2)19-10-13-4-6-15(17)7-5-13/h4-7,14H,3,8-12H2,1-2H3,(H,18,19). The van der Waals surface area contributed by atoms with Crippen molar-refractivity contribution in [3.63, 3.8) is 0 Å². The van der Waals surface area contributed by atoms with Crippen LogP contribution >= 0.6 is 11.6 Å². The summed E-state index contributed by atoms with van der Waals surface area (Å²) >= 11 is 5.91. The molecule has 1 atom stereocenters. The second-order valence-corrected chi connectivity index (χ2v) is 5.79. The largest absolute Gasteiger partial charge is 0.384 e. The number of aliphatic imine (C=N–C) groups is 1. The molecular weight excluding hydrogens is 286 g/mol. The molecule has 0 aromatic heterocycles. The van der Waals surface area contributed by atoms with Gasteiger partial charge in [0, 0.05) is 37.7 Å². The third kappa shape index (κ3) is 4.90. The van der Waals surface area contributed by atoms with Crippen LogP contribution in [-0.2, 0) is 11.3 Å². The van der Waals surface area contributed by atoms with Crippen molar-refractivity contribution < 1.29 is 4.74 Å². The van der Waals surface area contributed by atoms with Gasteiger partial charge in [0.15, 0.2) is 5.96 Å². The highest BCUT2D eigenvalue weighted by atomic mass is 35.5. The molecule has 21 heavy (non-hydrogen) atoms. The second kappa shape index (κ2) is 8.25. The maximum absolute atomic E-state index is 5.91. The average Bonchev–Trinajstić information content (AvgIpc) is 2.94. The van der Waals surface area contributed by atoms with Crippen LogP contribution in [-0.4, -0.2) is 44.2 Å². The number of rotatable bonds is 5. The van der Waals surface area contributed by atoms with Crippen LogP contribution < -0.4 is 5.32 Å². The van der Waals surface area contributed by atoms with Crippen molar-refractivity contribution in [3.8, 4) is 0 Å². The predicted octanol–water partition coefficient (Wildman–Crippen LogP) is 2.77. The van der Waals surface area contributed by atoms with Gasteiger partial charge in [-0.1, -0.05) is 23.7 Å². The minimum Gasteiger partial charge on any atom is -0.384 e. The molecule has 1 aromatic rings. The number of benzene rings is 1. The van der Waals surface area contributed by atoms with Crippen LogP contribution in [0.5, 0.6) is 0 Å². The quantitative estimate of drug-likeness (QED) is 0.671. The molecule has 0 spiro atoms. The number of nitrogens with zero attached hydrogens (tertiary/aromatic N) is 2. The van der Waals surface area contributed by atoms with Gasteiger partial charge in [-0.2, -0.15) is 0 Å². The predicted molar refractivity (Wildman–Crippen MR) is 87.8 cm³/mol. The van der Waals surface area contributed by atoms with Crippen LogP contribution in [0.3, 0.4) is 0 Å². The first kappa shape index (κ1) is 16.1. The van der Waals surface area contributed by atoms with Gasteiger partial charge >= 0.3 is 0 Å². The highest BCUT2D eigenvalue weighted by Gasteiger charge is 2.24. The van der Waals surface area contributed by atoms with Crippen LogP contribution in [0, 0.1) is 5.92 Å². The van der Waals surface area contributed by atoms with E-state index in [2.05, 4.69) is 17.1 Å². The maximum atomic E-state index is 5.91. The van der Waals surface area contributed by atoms with Gasteiger partial charge in [-0.25, -0.2) is 4.99 Å². The summed E-state index contributed by atoms with van der Waals surface area (Å²) in [6.07, 6.45) is 1.17. The Morgan fingerprint density at radius 1 is 1.43 bits per heavy atom. The Balaban J connectivity index is 1.97. The highest BCUT2D eigenvalue weighted by molar-refractivity contribution is 6.30. The number of guanidine groups is 1. The first-order chi connectivity index (χ1) is 10.2. The van der Waals surface area contributed by atoms with Gasteiger partial charge in [-0.15, -0.1) is 0 Å². The maximum Gasteiger partial charge on any atom is 0.194 e. The van der Waals surface area contributed by atoms with Gasteiger partial charge in [0.1, 0.15) is 0 Å². The number of methoxy groups -OCH3 is 1. The zero-order valence-corrected chi connectivity index (χ0v) is 13.6. The molecule has 5 heteroatoms. The highest BCUT2D eigenvalue weighted by Crippen LogP contribution is 2.17. The summed E-state index contributed by atoms with van der Waals surface area (Å²) in [5, 5.41) is 4.14. The van der Waals surface area contributed by atoms with E-state index in [1.807, 2.05) is 24.3 Å². The molecule has 2 rings (SSSR count). The molecule has 116 valence electrons. The lowest BCUT2D eigenvalue weighted by molar-refractivity contribution is 0.157. The molecule has 1 aliphatic heterocycles. The second-order valence-electron chi connectivity index (χ2n) is 5.35. The average molecular weight is 310 g/mol. The molecule has 4 nitrogen and oxygen atoms in total. The molecule has 0 amide bonds. The number of ether oxygens (including phenoxy) is 1. The van der Waals surface area contributed by atoms with Crippen molar-refractivity contribution in [1.82, 2.24) is 10.2 Å². The first-order valence-corrected chi connectivity index (χ1v) is 7.87. The third-order valence-corrected chi connectivity index (χ3v) is 3.90. The van der Waals surface area contributed by atoms with E-state index in [0.717, 1.165) is 37.2 Å².